The van der Waals surface area contributed by atoms with E-state index in [4.69, 9.17) is 18.7 Å². The van der Waals surface area contributed by atoms with Crippen molar-refractivity contribution in [1.82, 2.24) is 0 Å². The lowest BCUT2D eigenvalue weighted by atomic mass is 10.2. The van der Waals surface area contributed by atoms with Gasteiger partial charge in [0, 0.05) is 26.1 Å². The van der Waals surface area contributed by atoms with Gasteiger partial charge in [-0.05, 0) is 37.3 Å². The summed E-state index contributed by atoms with van der Waals surface area (Å²) in [5.41, 5.74) is 1.49. The molecular formula is C21H28N4O12S3. The molecule has 1 amide bonds. The molecule has 0 heterocycles. The van der Waals surface area contributed by atoms with Crippen LogP contribution in [-0.2, 0) is 42.8 Å². The third kappa shape index (κ3) is 10.9. The predicted octanol–water partition coefficient (Wildman–Crippen LogP) is 3.49. The number of anilines is 2. The van der Waals surface area contributed by atoms with Gasteiger partial charge in [-0.15, -0.1) is 9.45 Å². The van der Waals surface area contributed by atoms with Crippen molar-refractivity contribution in [1.29, 1.82) is 0 Å². The van der Waals surface area contributed by atoms with E-state index in [1.165, 1.54) is 38.3 Å². The summed E-state index contributed by atoms with van der Waals surface area (Å²) in [4.78, 5) is 13.6. The van der Waals surface area contributed by atoms with E-state index in [2.05, 4.69) is 29.1 Å². The fraction of sp³-hybridized carbons (Fsp3) is 0.381. The molecule has 2 aromatic rings. The van der Waals surface area contributed by atoms with Crippen LogP contribution < -0.4 is 15.0 Å². The number of amides is 1. The second kappa shape index (κ2) is 15.8. The van der Waals surface area contributed by atoms with Crippen LogP contribution in [0.15, 0.2) is 51.5 Å². The number of hydrogen-bond donors (Lipinski definition) is 3. The lowest BCUT2D eigenvalue weighted by molar-refractivity contribution is -0.434. The second-order valence-corrected chi connectivity index (χ2v) is 11.3. The molecule has 3 N–H and O–H groups in total. The highest BCUT2D eigenvalue weighted by Gasteiger charge is 2.18. The van der Waals surface area contributed by atoms with Gasteiger partial charge in [0.05, 0.1) is 48.0 Å². The number of hydrogen-bond acceptors (Lipinski definition) is 15. The Kier molecular flexibility index (Phi) is 13.2. The van der Waals surface area contributed by atoms with Crippen LogP contribution in [0.2, 0.25) is 0 Å². The van der Waals surface area contributed by atoms with Crippen molar-refractivity contribution >= 4 is 61.2 Å². The number of azo groups is 1. The van der Waals surface area contributed by atoms with E-state index >= 15 is 0 Å². The lowest BCUT2D eigenvalue weighted by Gasteiger charge is -2.25. The molecule has 0 bridgehead atoms. The summed E-state index contributed by atoms with van der Waals surface area (Å²) in [6, 6.07) is 8.50. The average Bonchev–Trinajstić information content (AvgIpc) is 2.89. The molecule has 2 aromatic carbocycles. The van der Waals surface area contributed by atoms with Gasteiger partial charge in [0.25, 0.3) is 0 Å². The Morgan fingerprint density at radius 3 is 2.38 bits per heavy atom. The molecule has 0 atom stereocenters. The number of ether oxygens (including phenoxy) is 1. The first-order valence-corrected chi connectivity index (χ1v) is 15.0. The van der Waals surface area contributed by atoms with Gasteiger partial charge in [0.2, 0.25) is 5.91 Å². The van der Waals surface area contributed by atoms with Crippen molar-refractivity contribution in [2.75, 3.05) is 49.4 Å². The molecule has 0 spiro atoms. The minimum atomic E-state index is -4.75. The van der Waals surface area contributed by atoms with Gasteiger partial charge in [-0.2, -0.15) is 13.5 Å². The second-order valence-electron chi connectivity index (χ2n) is 7.60. The Bertz CT molecular complexity index is 1370. The highest BCUT2D eigenvalue weighted by Crippen LogP contribution is 2.39. The summed E-state index contributed by atoms with van der Waals surface area (Å²) < 4.78 is 73.4. The quantitative estimate of drug-likeness (QED) is 0.0574. The van der Waals surface area contributed by atoms with Gasteiger partial charge in [-0.25, -0.2) is 17.9 Å². The zero-order valence-electron chi connectivity index (χ0n) is 21.5. The number of sulfone groups is 1. The number of methoxy groups -OCH3 is 1. The van der Waals surface area contributed by atoms with Gasteiger partial charge in [0.1, 0.15) is 11.4 Å². The molecule has 0 unspecified atom stereocenters. The third-order valence-electron chi connectivity index (χ3n) is 4.93. The first-order chi connectivity index (χ1) is 18.9. The van der Waals surface area contributed by atoms with Crippen molar-refractivity contribution in [2.45, 2.75) is 18.7 Å². The normalized spacial score (nSPS) is 12.0. The molecule has 40 heavy (non-hydrogen) atoms. The van der Waals surface area contributed by atoms with Crippen LogP contribution in [-0.4, -0.2) is 71.7 Å². The van der Waals surface area contributed by atoms with Crippen molar-refractivity contribution in [2.24, 2.45) is 10.2 Å². The lowest BCUT2D eigenvalue weighted by Crippen LogP contribution is -2.27. The molecule has 0 fully saturated rings. The van der Waals surface area contributed by atoms with E-state index in [-0.39, 0.29) is 28.8 Å². The molecule has 16 nitrogen and oxygen atoms in total. The van der Waals surface area contributed by atoms with E-state index in [1.807, 2.05) is 11.8 Å². The van der Waals surface area contributed by atoms with Crippen LogP contribution in [0.3, 0.4) is 0 Å². The molecule has 0 saturated carbocycles. The number of carbonyl (C=O) groups is 1. The number of nitrogens with one attached hydrogen (secondary N) is 1. The van der Waals surface area contributed by atoms with Crippen LogP contribution >= 0.6 is 12.3 Å². The molecule has 0 aliphatic carbocycles. The number of nitrogens with zero attached hydrogens (tertiary/aromatic N) is 3. The van der Waals surface area contributed by atoms with E-state index in [0.29, 0.717) is 42.5 Å². The van der Waals surface area contributed by atoms with Crippen LogP contribution in [0, 0.1) is 0 Å². The van der Waals surface area contributed by atoms with Gasteiger partial charge in [-0.1, -0.05) is 5.04 Å². The smallest absolute Gasteiger partial charge is 0.397 e. The zero-order valence-corrected chi connectivity index (χ0v) is 24.0. The van der Waals surface area contributed by atoms with Gasteiger partial charge in [0.15, 0.2) is 22.2 Å². The molecule has 0 aliphatic heterocycles. The first kappa shape index (κ1) is 33.3. The number of carbonyl (C=O) groups excluding carboxylic acids is 1. The van der Waals surface area contributed by atoms with Gasteiger partial charge < -0.3 is 15.0 Å². The Balaban J connectivity index is 2.27. The van der Waals surface area contributed by atoms with Crippen LogP contribution in [0.5, 0.6) is 5.75 Å². The zero-order chi connectivity index (χ0) is 29.8. The van der Waals surface area contributed by atoms with Gasteiger partial charge in [-0.3, -0.25) is 13.5 Å². The summed E-state index contributed by atoms with van der Waals surface area (Å²) in [6.45, 7) is 3.58. The summed E-state index contributed by atoms with van der Waals surface area (Å²) in [7, 11) is -7.19. The van der Waals surface area contributed by atoms with E-state index in [0.717, 1.165) is 0 Å². The van der Waals surface area contributed by atoms with E-state index < -0.39 is 32.6 Å². The Labute approximate surface area is 235 Å². The van der Waals surface area contributed by atoms with Crippen molar-refractivity contribution < 1.29 is 53.9 Å². The van der Waals surface area contributed by atoms with E-state index in [9.17, 15) is 21.6 Å². The monoisotopic (exact) mass is 624 g/mol. The highest BCUT2D eigenvalue weighted by atomic mass is 32.3. The first-order valence-electron chi connectivity index (χ1n) is 11.3. The standard InChI is InChI=1S/C21H28N4O12S3/c1-4-25(9-10-34-38-37-36-27)20-13-18(22-15(2)26)19(14-21(20)33-3)24-23-16-5-7-17(8-6-16)39(28,29)12-11-35-40(30,31)32/h5-8,13-14,27H,4,9-12H2,1-3H3,(H,22,26)(H,30,31,32). The maximum Gasteiger partial charge on any atom is 0.397 e. The SMILES string of the molecule is CCN(CCOSOOO)c1cc(NC(C)=O)c(N=Nc2ccc(S(=O)(=O)CCOS(=O)(=O)O)cc2)cc1OC. The fourth-order valence-corrected chi connectivity index (χ4v) is 4.90. The number of likely N-dealkylation sites (N-methyl/N-ethyl adjacent to an activating group) is 1. The average molecular weight is 625 g/mol. The number of benzene rings is 2. The molecule has 2 rings (SSSR count). The third-order valence-corrected chi connectivity index (χ3v) is 7.47. The van der Waals surface area contributed by atoms with Gasteiger partial charge >= 0.3 is 10.4 Å². The Hall–Kier alpha value is -2.88. The van der Waals surface area contributed by atoms with Crippen LogP contribution in [0.25, 0.3) is 0 Å². The maximum absolute atomic E-state index is 12.4. The molecule has 0 aromatic heterocycles. The minimum absolute atomic E-state index is 0.118. The summed E-state index contributed by atoms with van der Waals surface area (Å²) in [5.74, 6) is -0.616. The number of rotatable bonds is 17. The van der Waals surface area contributed by atoms with Crippen LogP contribution in [0.1, 0.15) is 13.8 Å². The molecular weight excluding hydrogens is 596 g/mol. The summed E-state index contributed by atoms with van der Waals surface area (Å²) in [5, 5.41) is 22.6. The Morgan fingerprint density at radius 2 is 1.80 bits per heavy atom. The van der Waals surface area contributed by atoms with E-state index in [1.54, 1.807) is 12.1 Å². The van der Waals surface area contributed by atoms with Crippen molar-refractivity contribution in [3.05, 3.63) is 36.4 Å². The molecule has 0 saturated heterocycles. The van der Waals surface area contributed by atoms with Crippen LogP contribution in [0.4, 0.5) is 22.7 Å². The highest BCUT2D eigenvalue weighted by molar-refractivity contribution is 7.91. The predicted molar refractivity (Wildman–Crippen MR) is 144 cm³/mol. The molecule has 0 radical (unpaired) electrons. The minimum Gasteiger partial charge on any atom is -0.494 e. The maximum atomic E-state index is 12.4. The topological polar surface area (TPSA) is 212 Å². The van der Waals surface area contributed by atoms with Crippen molar-refractivity contribution in [3.63, 3.8) is 0 Å². The molecule has 222 valence electrons. The van der Waals surface area contributed by atoms with Crippen molar-refractivity contribution in [3.8, 4) is 5.75 Å². The summed E-state index contributed by atoms with van der Waals surface area (Å²) in [6.07, 6.45) is 0. The fourth-order valence-electron chi connectivity index (χ4n) is 3.20. The molecule has 0 aliphatic rings. The molecule has 19 heteroatoms. The summed E-state index contributed by atoms with van der Waals surface area (Å²) >= 11 is 0.451. The Morgan fingerprint density at radius 1 is 1.10 bits per heavy atom. The largest absolute Gasteiger partial charge is 0.494 e.